The molecular formula is C29H37N3O8SSi. The fourth-order valence-electron chi connectivity index (χ4n) is 4.05. The van der Waals surface area contributed by atoms with E-state index in [1.807, 2.05) is 70.3 Å². The van der Waals surface area contributed by atoms with Gasteiger partial charge in [0.1, 0.15) is 12.1 Å². The summed E-state index contributed by atoms with van der Waals surface area (Å²) in [5.41, 5.74) is 0.0149. The van der Waals surface area contributed by atoms with Crippen molar-refractivity contribution in [3.63, 3.8) is 0 Å². The van der Waals surface area contributed by atoms with E-state index in [0.29, 0.717) is 5.56 Å². The molecule has 0 radical (unpaired) electrons. The zero-order valence-corrected chi connectivity index (χ0v) is 26.1. The summed E-state index contributed by atoms with van der Waals surface area (Å²) < 4.78 is 35.0. The van der Waals surface area contributed by atoms with Crippen LogP contribution in [0.25, 0.3) is 10.8 Å². The summed E-state index contributed by atoms with van der Waals surface area (Å²) in [6.07, 6.45) is -0.170. The number of carbonyl (C=O) groups is 2. The van der Waals surface area contributed by atoms with Crippen LogP contribution in [0.15, 0.2) is 71.6 Å². The summed E-state index contributed by atoms with van der Waals surface area (Å²) in [4.78, 5) is 35.7. The highest BCUT2D eigenvalue weighted by molar-refractivity contribution is 7.89. The van der Waals surface area contributed by atoms with Crippen LogP contribution in [0.3, 0.4) is 0 Å². The van der Waals surface area contributed by atoms with Crippen molar-refractivity contribution in [3.8, 4) is 0 Å². The van der Waals surface area contributed by atoms with Crippen LogP contribution in [0, 0.1) is 10.1 Å². The Balaban J connectivity index is 1.87. The number of hydrogen-bond acceptors (Lipinski definition) is 7. The van der Waals surface area contributed by atoms with E-state index in [-0.39, 0.29) is 24.5 Å². The number of carbonyl (C=O) groups excluding carboxylic acids is 1. The molecule has 0 bridgehead atoms. The van der Waals surface area contributed by atoms with Crippen LogP contribution in [-0.2, 0) is 30.5 Å². The molecule has 42 heavy (non-hydrogen) atoms. The van der Waals surface area contributed by atoms with Crippen molar-refractivity contribution < 1.29 is 32.5 Å². The van der Waals surface area contributed by atoms with Gasteiger partial charge in [0.2, 0.25) is 15.9 Å². The Hall–Kier alpha value is -3.65. The van der Waals surface area contributed by atoms with Gasteiger partial charge in [-0.3, -0.25) is 14.9 Å². The first-order chi connectivity index (χ1) is 19.5. The summed E-state index contributed by atoms with van der Waals surface area (Å²) in [6.45, 7) is 10.1. The smallest absolute Gasteiger partial charge is 0.326 e. The summed E-state index contributed by atoms with van der Waals surface area (Å²) in [5.74, 6) is -2.18. The maximum Gasteiger partial charge on any atom is 0.326 e. The molecule has 2 atom stereocenters. The number of aliphatic carboxylic acids is 1. The average Bonchev–Trinajstić information content (AvgIpc) is 2.91. The van der Waals surface area contributed by atoms with Gasteiger partial charge in [0.15, 0.2) is 13.2 Å². The van der Waals surface area contributed by atoms with Crippen LogP contribution in [0.1, 0.15) is 32.8 Å². The molecule has 3 N–H and O–H groups in total. The third-order valence-electron chi connectivity index (χ3n) is 7.51. The van der Waals surface area contributed by atoms with E-state index >= 15 is 0 Å². The van der Waals surface area contributed by atoms with E-state index in [1.54, 1.807) is 6.07 Å². The largest absolute Gasteiger partial charge is 0.480 e. The molecule has 0 saturated heterocycles. The molecule has 226 valence electrons. The third-order valence-corrected chi connectivity index (χ3v) is 13.6. The van der Waals surface area contributed by atoms with Crippen LogP contribution in [0.2, 0.25) is 18.1 Å². The lowest BCUT2D eigenvalue weighted by molar-refractivity contribution is -0.387. The second kappa shape index (κ2) is 13.1. The number of hydrogen-bond donors (Lipinski definition) is 3. The lowest BCUT2D eigenvalue weighted by Crippen LogP contribution is -2.53. The number of carboxylic acids is 1. The quantitative estimate of drug-likeness (QED) is 0.142. The van der Waals surface area contributed by atoms with E-state index in [9.17, 15) is 33.2 Å². The molecule has 2 unspecified atom stereocenters. The van der Waals surface area contributed by atoms with Crippen LogP contribution in [-0.4, -0.2) is 57.3 Å². The molecule has 11 nitrogen and oxygen atoms in total. The van der Waals surface area contributed by atoms with Crippen molar-refractivity contribution in [2.45, 2.75) is 68.7 Å². The van der Waals surface area contributed by atoms with Crippen molar-refractivity contribution in [1.29, 1.82) is 0 Å². The van der Waals surface area contributed by atoms with Crippen LogP contribution >= 0.6 is 0 Å². The summed E-state index contributed by atoms with van der Waals surface area (Å²) in [5, 5.41) is 25.6. The predicted molar refractivity (Wildman–Crippen MR) is 162 cm³/mol. The van der Waals surface area contributed by atoms with E-state index in [4.69, 9.17) is 4.43 Å². The molecular weight excluding hydrogens is 578 g/mol. The van der Waals surface area contributed by atoms with Gasteiger partial charge >= 0.3 is 5.97 Å². The van der Waals surface area contributed by atoms with E-state index in [1.165, 1.54) is 12.1 Å². The van der Waals surface area contributed by atoms with E-state index in [0.717, 1.165) is 22.9 Å². The van der Waals surface area contributed by atoms with Crippen molar-refractivity contribution in [1.82, 2.24) is 10.0 Å². The highest BCUT2D eigenvalue weighted by atomic mass is 32.2. The van der Waals surface area contributed by atoms with Gasteiger partial charge in [-0.25, -0.2) is 13.2 Å². The maximum atomic E-state index is 13.5. The number of nitro benzene ring substituents is 1. The molecule has 3 aromatic rings. The third kappa shape index (κ3) is 8.22. The van der Waals surface area contributed by atoms with Gasteiger partial charge in [0.05, 0.1) is 4.92 Å². The molecule has 13 heteroatoms. The summed E-state index contributed by atoms with van der Waals surface area (Å²) in [7, 11) is -6.83. The number of fused-ring (bicyclic) bond motifs is 1. The Bertz CT molecular complexity index is 1570. The number of carboxylic acid groups (broad SMARTS) is 1. The average molecular weight is 616 g/mol. The number of nitro groups is 1. The standard InChI is InChI=1S/C29H37N3O8SSi/c1-29(2,3)42(4,5)40-17-16-23(31-41(38,39)26-13-9-8-12-25(26)32(36)37)27(33)30-24(28(34)35)19-20-14-15-21-10-6-7-11-22(21)18-20/h6-15,18,23-24,31H,16-17,19H2,1-5H3,(H,30,33)(H,34,35). The SMILES string of the molecule is CC(C)(C)[Si](C)(C)OCCC(NS(=O)(=O)c1ccccc1[N+](=O)[O-])C(=O)NC(Cc1ccc2ccccc2c1)C(=O)O. The summed E-state index contributed by atoms with van der Waals surface area (Å²) >= 11 is 0. The molecule has 0 aromatic heterocycles. The molecule has 0 fully saturated rings. The van der Waals surface area contributed by atoms with Crippen LogP contribution in [0.5, 0.6) is 0 Å². The van der Waals surface area contributed by atoms with Crippen molar-refractivity contribution in [3.05, 3.63) is 82.4 Å². The topological polar surface area (TPSA) is 165 Å². The molecule has 1 amide bonds. The van der Waals surface area contributed by atoms with Crippen molar-refractivity contribution >= 4 is 46.7 Å². The van der Waals surface area contributed by atoms with Gasteiger partial charge in [0, 0.05) is 19.1 Å². The second-order valence-corrected chi connectivity index (χ2v) is 18.1. The van der Waals surface area contributed by atoms with Gasteiger partial charge in [-0.05, 0) is 47.0 Å². The van der Waals surface area contributed by atoms with Crippen molar-refractivity contribution in [2.24, 2.45) is 0 Å². The number of nitrogens with one attached hydrogen (secondary N) is 2. The van der Waals surface area contributed by atoms with E-state index in [2.05, 4.69) is 10.0 Å². The Kier molecular flexibility index (Phi) is 10.3. The Labute approximate surface area is 246 Å². The Morgan fingerprint density at radius 2 is 1.62 bits per heavy atom. The van der Waals surface area contributed by atoms with Crippen molar-refractivity contribution in [2.75, 3.05) is 6.61 Å². The minimum Gasteiger partial charge on any atom is -0.480 e. The number of rotatable bonds is 13. The second-order valence-electron chi connectivity index (χ2n) is 11.6. The molecule has 3 rings (SSSR count). The highest BCUT2D eigenvalue weighted by Gasteiger charge is 2.38. The van der Waals surface area contributed by atoms with Gasteiger partial charge in [-0.15, -0.1) is 0 Å². The zero-order valence-electron chi connectivity index (χ0n) is 24.3. The normalized spacial score (nSPS) is 13.8. The lowest BCUT2D eigenvalue weighted by Gasteiger charge is -2.36. The number of sulfonamides is 1. The number of benzene rings is 3. The first-order valence-corrected chi connectivity index (χ1v) is 17.8. The number of para-hydroxylation sites is 1. The molecule has 0 spiro atoms. The highest BCUT2D eigenvalue weighted by Crippen LogP contribution is 2.36. The van der Waals surface area contributed by atoms with Gasteiger partial charge in [0.25, 0.3) is 5.69 Å². The lowest BCUT2D eigenvalue weighted by atomic mass is 10.0. The number of nitrogens with zero attached hydrogens (tertiary/aromatic N) is 1. The first-order valence-electron chi connectivity index (χ1n) is 13.4. The van der Waals surface area contributed by atoms with Crippen LogP contribution in [0.4, 0.5) is 5.69 Å². The fourth-order valence-corrected chi connectivity index (χ4v) is 6.52. The molecule has 0 heterocycles. The molecule has 0 aliphatic rings. The fraction of sp³-hybridized carbons (Fsp3) is 0.379. The Morgan fingerprint density at radius 3 is 2.24 bits per heavy atom. The van der Waals surface area contributed by atoms with Gasteiger partial charge in [-0.1, -0.05) is 75.4 Å². The minimum atomic E-state index is -4.56. The van der Waals surface area contributed by atoms with Gasteiger partial charge in [-0.2, -0.15) is 4.72 Å². The minimum absolute atomic E-state index is 0.0103. The Morgan fingerprint density at radius 1 is 1.00 bits per heavy atom. The maximum absolute atomic E-state index is 13.5. The molecule has 0 aliphatic heterocycles. The van der Waals surface area contributed by atoms with Crippen LogP contribution < -0.4 is 10.0 Å². The van der Waals surface area contributed by atoms with Gasteiger partial charge < -0.3 is 14.8 Å². The summed E-state index contributed by atoms with van der Waals surface area (Å²) in [6, 6.07) is 15.0. The number of amides is 1. The predicted octanol–water partition coefficient (Wildman–Crippen LogP) is 4.62. The molecule has 0 saturated carbocycles. The monoisotopic (exact) mass is 615 g/mol. The van der Waals surface area contributed by atoms with E-state index < -0.39 is 57.8 Å². The molecule has 3 aromatic carbocycles. The first kappa shape index (κ1) is 32.9. The zero-order chi connectivity index (χ0) is 31.3. The molecule has 0 aliphatic carbocycles.